The zero-order valence-electron chi connectivity index (χ0n) is 16.1. The zero-order valence-corrected chi connectivity index (χ0v) is 16.1. The van der Waals surface area contributed by atoms with E-state index < -0.39 is 0 Å². The maximum atomic E-state index is 5.62. The van der Waals surface area contributed by atoms with Gasteiger partial charge in [0.25, 0.3) is 0 Å². The monoisotopic (exact) mass is 347 g/mol. The number of nitrogens with one attached hydrogen (secondary N) is 2. The van der Waals surface area contributed by atoms with Crippen molar-refractivity contribution >= 4 is 5.96 Å². The smallest absolute Gasteiger partial charge is 0.191 e. The van der Waals surface area contributed by atoms with Crippen LogP contribution >= 0.6 is 0 Å². The Morgan fingerprint density at radius 2 is 1.88 bits per heavy atom. The van der Waals surface area contributed by atoms with Gasteiger partial charge in [-0.05, 0) is 42.9 Å². The quantitative estimate of drug-likeness (QED) is 0.588. The first-order valence-electron chi connectivity index (χ1n) is 9.26. The van der Waals surface area contributed by atoms with Gasteiger partial charge in [-0.2, -0.15) is 0 Å². The third-order valence-electron chi connectivity index (χ3n) is 4.98. The predicted molar refractivity (Wildman–Crippen MR) is 104 cm³/mol. The molecule has 1 aromatic rings. The highest BCUT2D eigenvalue weighted by Crippen LogP contribution is 2.35. The van der Waals surface area contributed by atoms with Crippen LogP contribution in [0.25, 0.3) is 0 Å². The molecule has 0 atom stereocenters. The first kappa shape index (κ1) is 19.6. The van der Waals surface area contributed by atoms with Crippen LogP contribution in [0.5, 0.6) is 5.75 Å². The Labute approximate surface area is 152 Å². The number of hydrogen-bond acceptors (Lipinski definition) is 3. The van der Waals surface area contributed by atoms with Gasteiger partial charge in [0.1, 0.15) is 5.75 Å². The number of ether oxygens (including phenoxy) is 2. The van der Waals surface area contributed by atoms with Gasteiger partial charge in [-0.25, -0.2) is 0 Å². The van der Waals surface area contributed by atoms with Crippen molar-refractivity contribution in [1.29, 1.82) is 0 Å². The minimum atomic E-state index is 0.0696. The van der Waals surface area contributed by atoms with E-state index in [0.717, 1.165) is 57.3 Å². The summed E-state index contributed by atoms with van der Waals surface area (Å²) in [6, 6.07) is 8.45. The second kappa shape index (κ2) is 9.66. The van der Waals surface area contributed by atoms with Crippen LogP contribution in [0.4, 0.5) is 0 Å². The molecule has 0 aromatic heterocycles. The number of hydrogen-bond donors (Lipinski definition) is 2. The van der Waals surface area contributed by atoms with E-state index in [0.29, 0.717) is 5.92 Å². The Morgan fingerprint density at radius 3 is 2.44 bits per heavy atom. The lowest BCUT2D eigenvalue weighted by atomic mass is 9.74. The number of rotatable bonds is 7. The molecule has 2 N–H and O–H groups in total. The van der Waals surface area contributed by atoms with Crippen LogP contribution in [0.1, 0.15) is 38.7 Å². The summed E-state index contributed by atoms with van der Waals surface area (Å²) in [4.78, 5) is 4.36. The average Bonchev–Trinajstić information content (AvgIpc) is 2.65. The van der Waals surface area contributed by atoms with Gasteiger partial charge < -0.3 is 20.1 Å². The third kappa shape index (κ3) is 5.63. The Kier molecular flexibility index (Phi) is 7.56. The van der Waals surface area contributed by atoms with Crippen molar-refractivity contribution in [3.05, 3.63) is 29.8 Å². The Morgan fingerprint density at radius 1 is 1.20 bits per heavy atom. The fourth-order valence-corrected chi connectivity index (χ4v) is 3.23. The van der Waals surface area contributed by atoms with Crippen molar-refractivity contribution in [2.45, 2.75) is 38.5 Å². The molecule has 0 spiro atoms. The minimum Gasteiger partial charge on any atom is -0.497 e. The fraction of sp³-hybridized carbons (Fsp3) is 0.650. The molecule has 5 heteroatoms. The van der Waals surface area contributed by atoms with E-state index in [-0.39, 0.29) is 5.41 Å². The van der Waals surface area contributed by atoms with Gasteiger partial charge in [-0.1, -0.05) is 26.0 Å². The van der Waals surface area contributed by atoms with Crippen LogP contribution in [-0.2, 0) is 10.2 Å². The molecule has 2 rings (SSSR count). The van der Waals surface area contributed by atoms with Crippen molar-refractivity contribution < 1.29 is 9.47 Å². The van der Waals surface area contributed by atoms with E-state index in [1.54, 1.807) is 7.11 Å². The number of benzene rings is 1. The molecule has 0 aliphatic carbocycles. The molecular weight excluding hydrogens is 314 g/mol. The van der Waals surface area contributed by atoms with E-state index in [1.165, 1.54) is 5.56 Å². The van der Waals surface area contributed by atoms with Gasteiger partial charge >= 0.3 is 0 Å². The maximum Gasteiger partial charge on any atom is 0.191 e. The van der Waals surface area contributed by atoms with E-state index in [2.05, 4.69) is 41.6 Å². The largest absolute Gasteiger partial charge is 0.497 e. The number of methoxy groups -OCH3 is 1. The van der Waals surface area contributed by atoms with Crippen molar-refractivity contribution in [2.75, 3.05) is 40.5 Å². The molecule has 0 unspecified atom stereocenters. The lowest BCUT2D eigenvalue weighted by molar-refractivity contribution is 0.0513. The molecule has 1 saturated heterocycles. The Balaban J connectivity index is 2.03. The molecule has 0 bridgehead atoms. The SMILES string of the molecule is CN=C(NCCC(C)C)NCC1(c2ccc(OC)cc2)CCOCC1. The summed E-state index contributed by atoms with van der Waals surface area (Å²) in [6.45, 7) is 7.86. The first-order chi connectivity index (χ1) is 12.1. The summed E-state index contributed by atoms with van der Waals surface area (Å²) >= 11 is 0. The van der Waals surface area contributed by atoms with Crippen LogP contribution in [-0.4, -0.2) is 46.4 Å². The van der Waals surface area contributed by atoms with Crippen LogP contribution < -0.4 is 15.4 Å². The minimum absolute atomic E-state index is 0.0696. The molecule has 1 aromatic carbocycles. The van der Waals surface area contributed by atoms with Gasteiger partial charge in [0, 0.05) is 38.8 Å². The lowest BCUT2D eigenvalue weighted by Gasteiger charge is -2.38. The zero-order chi connectivity index (χ0) is 18.1. The number of guanidine groups is 1. The van der Waals surface area contributed by atoms with Gasteiger partial charge in [0.15, 0.2) is 5.96 Å². The topological polar surface area (TPSA) is 54.9 Å². The average molecular weight is 348 g/mol. The molecule has 5 nitrogen and oxygen atoms in total. The summed E-state index contributed by atoms with van der Waals surface area (Å²) in [6.07, 6.45) is 3.16. The standard InChI is InChI=1S/C20H33N3O2/c1-16(2)9-12-22-19(21-3)23-15-20(10-13-25-14-11-20)17-5-7-18(24-4)8-6-17/h5-8,16H,9-15H2,1-4H3,(H2,21,22,23). The van der Waals surface area contributed by atoms with E-state index in [9.17, 15) is 0 Å². The lowest BCUT2D eigenvalue weighted by Crippen LogP contribution is -2.48. The number of nitrogens with zero attached hydrogens (tertiary/aromatic N) is 1. The molecule has 1 aliphatic rings. The third-order valence-corrected chi connectivity index (χ3v) is 4.98. The van der Waals surface area contributed by atoms with Crippen LogP contribution in [0, 0.1) is 5.92 Å². The molecule has 1 aliphatic heterocycles. The molecule has 140 valence electrons. The summed E-state index contributed by atoms with van der Waals surface area (Å²) in [5.41, 5.74) is 1.40. The van der Waals surface area contributed by atoms with Gasteiger partial charge in [0.2, 0.25) is 0 Å². The Bertz CT molecular complexity index is 534. The van der Waals surface area contributed by atoms with E-state index in [4.69, 9.17) is 9.47 Å². The van der Waals surface area contributed by atoms with Gasteiger partial charge in [-0.15, -0.1) is 0 Å². The second-order valence-corrected chi connectivity index (χ2v) is 7.16. The van der Waals surface area contributed by atoms with Crippen molar-refractivity contribution in [3.63, 3.8) is 0 Å². The van der Waals surface area contributed by atoms with Crippen molar-refractivity contribution in [3.8, 4) is 5.75 Å². The molecule has 0 saturated carbocycles. The molecule has 25 heavy (non-hydrogen) atoms. The van der Waals surface area contributed by atoms with Gasteiger partial charge in [0.05, 0.1) is 7.11 Å². The van der Waals surface area contributed by atoms with Crippen LogP contribution in [0.3, 0.4) is 0 Å². The molecule has 1 heterocycles. The summed E-state index contributed by atoms with van der Waals surface area (Å²) in [5, 5.41) is 6.95. The molecule has 0 amide bonds. The molecule has 0 radical (unpaired) electrons. The summed E-state index contributed by atoms with van der Waals surface area (Å²) in [7, 11) is 3.53. The van der Waals surface area contributed by atoms with Gasteiger partial charge in [-0.3, -0.25) is 4.99 Å². The molecule has 1 fully saturated rings. The highest BCUT2D eigenvalue weighted by Gasteiger charge is 2.34. The maximum absolute atomic E-state index is 5.62. The van der Waals surface area contributed by atoms with Crippen molar-refractivity contribution in [1.82, 2.24) is 10.6 Å². The number of aliphatic imine (C=N–C) groups is 1. The predicted octanol–water partition coefficient (Wildman–Crippen LogP) is 2.95. The summed E-state index contributed by atoms with van der Waals surface area (Å²) < 4.78 is 10.9. The highest BCUT2D eigenvalue weighted by molar-refractivity contribution is 5.79. The highest BCUT2D eigenvalue weighted by atomic mass is 16.5. The molecular formula is C20H33N3O2. The van der Waals surface area contributed by atoms with E-state index in [1.807, 2.05) is 19.2 Å². The van der Waals surface area contributed by atoms with Crippen LogP contribution in [0.15, 0.2) is 29.3 Å². The second-order valence-electron chi connectivity index (χ2n) is 7.16. The Hall–Kier alpha value is -1.75. The fourth-order valence-electron chi connectivity index (χ4n) is 3.23. The van der Waals surface area contributed by atoms with E-state index >= 15 is 0 Å². The van der Waals surface area contributed by atoms with Crippen molar-refractivity contribution in [2.24, 2.45) is 10.9 Å². The van der Waals surface area contributed by atoms with Crippen LogP contribution in [0.2, 0.25) is 0 Å². The first-order valence-corrected chi connectivity index (χ1v) is 9.26. The summed E-state index contributed by atoms with van der Waals surface area (Å²) in [5.74, 6) is 2.46. The normalized spacial score (nSPS) is 17.4.